The van der Waals surface area contributed by atoms with E-state index in [0.29, 0.717) is 17.6 Å². The van der Waals surface area contributed by atoms with Crippen molar-refractivity contribution in [3.05, 3.63) is 225 Å². The van der Waals surface area contributed by atoms with Gasteiger partial charge in [-0.1, -0.05) is 127 Å². The number of rotatable bonds is 12. The van der Waals surface area contributed by atoms with E-state index in [1.54, 1.807) is 38.7 Å². The number of nitrogens with two attached hydrogens (primary N) is 1. The molecule has 3 atom stereocenters. The lowest BCUT2D eigenvalue weighted by Crippen LogP contribution is -2.27. The highest BCUT2D eigenvalue weighted by atomic mass is 35.5. The Bertz CT molecular complexity index is 2570. The number of nitrogens with zero attached hydrogens (tertiary/aromatic N) is 7. The molecule has 11 nitrogen and oxygen atoms in total. The fraction of sp³-hybridized carbons (Fsp3) is 0.192. The number of hydrogen-bond donors (Lipinski definition) is 2. The summed E-state index contributed by atoms with van der Waals surface area (Å²) in [4.78, 5) is 25.7. The monoisotopic (exact) mass is 1010 g/mol. The van der Waals surface area contributed by atoms with E-state index in [0.717, 1.165) is 28.7 Å². The number of halogens is 5. The third kappa shape index (κ3) is 20.0. The molecule has 0 amide bonds. The molecule has 68 heavy (non-hydrogen) atoms. The summed E-state index contributed by atoms with van der Waals surface area (Å²) in [5.74, 6) is 3.80. The van der Waals surface area contributed by atoms with Gasteiger partial charge in [0.2, 0.25) is 15.9 Å². The lowest BCUT2D eigenvalue weighted by molar-refractivity contribution is 0.414. The van der Waals surface area contributed by atoms with Gasteiger partial charge in [0.15, 0.2) is 0 Å². The van der Waals surface area contributed by atoms with E-state index in [4.69, 9.17) is 73.2 Å². The normalized spacial score (nSPS) is 11.4. The molecular weight excluding hydrogens is 960 g/mol. The predicted molar refractivity (Wildman–Crippen MR) is 280 cm³/mol. The fourth-order valence-electron chi connectivity index (χ4n) is 5.99. The Morgan fingerprint density at radius 1 is 0.529 bits per heavy atom. The minimum Gasteiger partial charge on any atom is -0.497 e. The highest BCUT2D eigenvalue weighted by Gasteiger charge is 2.19. The van der Waals surface area contributed by atoms with Crippen molar-refractivity contribution in [1.82, 2.24) is 29.9 Å². The standard InChI is InChI=1S/C20H20ClN3O.C12H12ClN3.C8H9ClO.C8H11N.C4H2Cl2N2/c1-15(17-6-4-3-5-7-17)24(19-12-13-22-20(21)23-19)14-16-8-10-18(25-2)11-9-16;1-9(10-5-3-2-4-6-10)15-11-7-8-14-12(13)16-11;1-10-8-4-2-7(6-9)3-5-8;1-7(9)8-5-3-2-4-6-8;5-3-1-2-7-4(6)8-3/h3-13,15H,14H2,1-2H3;2-9H,1H3,(H,14,15,16);2-5H,6H2,1H3;2-7H,9H2,1H3;1-2H/t15-;9-;;7-;/m00.0./s1. The largest absolute Gasteiger partial charge is 0.497 e. The van der Waals surface area contributed by atoms with Crippen LogP contribution in [0.4, 0.5) is 11.6 Å². The Labute approximate surface area is 424 Å². The molecule has 8 rings (SSSR count). The van der Waals surface area contributed by atoms with Crippen LogP contribution in [0.3, 0.4) is 0 Å². The highest BCUT2D eigenvalue weighted by Crippen LogP contribution is 2.28. The van der Waals surface area contributed by atoms with E-state index in [1.165, 1.54) is 28.5 Å². The number of aromatic nitrogens is 6. The molecule has 354 valence electrons. The lowest BCUT2D eigenvalue weighted by atomic mass is 10.1. The van der Waals surface area contributed by atoms with Gasteiger partial charge >= 0.3 is 0 Å². The van der Waals surface area contributed by atoms with Gasteiger partial charge in [-0.3, -0.25) is 0 Å². The summed E-state index contributed by atoms with van der Waals surface area (Å²) in [5.41, 5.74) is 11.5. The zero-order valence-electron chi connectivity index (χ0n) is 38.3. The Hall–Kier alpha value is -6.05. The quantitative estimate of drug-likeness (QED) is 0.0687. The summed E-state index contributed by atoms with van der Waals surface area (Å²) in [7, 11) is 3.32. The molecule has 0 radical (unpaired) electrons. The summed E-state index contributed by atoms with van der Waals surface area (Å²) in [6, 6.07) is 52.1. The summed E-state index contributed by atoms with van der Waals surface area (Å²) in [6.45, 7) is 6.92. The van der Waals surface area contributed by atoms with Crippen molar-refractivity contribution < 1.29 is 9.47 Å². The number of anilines is 2. The molecule has 0 saturated heterocycles. The summed E-state index contributed by atoms with van der Waals surface area (Å²) >= 11 is 28.1. The van der Waals surface area contributed by atoms with Crippen molar-refractivity contribution >= 4 is 69.6 Å². The molecular formula is C52H54Cl5N9O2. The SMILES string of the molecule is COc1ccc(CCl)cc1.COc1ccc(CN(c2ccnc(Cl)n2)[C@@H](C)c2ccccc2)cc1.C[C@H](N)c1ccccc1.C[C@H](Nc1ccnc(Cl)n1)c1ccccc1.Clc1ccnc(Cl)n1. The third-order valence-electron chi connectivity index (χ3n) is 9.69. The highest BCUT2D eigenvalue weighted by molar-refractivity contribution is 6.31. The van der Waals surface area contributed by atoms with Gasteiger partial charge in [-0.05, 0) is 126 Å². The maximum Gasteiger partial charge on any atom is 0.224 e. The van der Waals surface area contributed by atoms with Crippen LogP contribution in [0.15, 0.2) is 176 Å². The van der Waals surface area contributed by atoms with Crippen molar-refractivity contribution in [2.75, 3.05) is 24.4 Å². The van der Waals surface area contributed by atoms with Crippen LogP contribution in [0, 0.1) is 0 Å². The second-order valence-electron chi connectivity index (χ2n) is 14.6. The van der Waals surface area contributed by atoms with Crippen LogP contribution in [-0.2, 0) is 12.4 Å². The van der Waals surface area contributed by atoms with Crippen molar-refractivity contribution in [1.29, 1.82) is 0 Å². The van der Waals surface area contributed by atoms with Gasteiger partial charge in [0, 0.05) is 43.1 Å². The van der Waals surface area contributed by atoms with Crippen molar-refractivity contribution in [3.63, 3.8) is 0 Å². The van der Waals surface area contributed by atoms with E-state index < -0.39 is 0 Å². The van der Waals surface area contributed by atoms with Crippen molar-refractivity contribution in [3.8, 4) is 11.5 Å². The molecule has 0 aliphatic rings. The average Bonchev–Trinajstić information content (AvgIpc) is 3.37. The van der Waals surface area contributed by atoms with Crippen LogP contribution in [0.1, 0.15) is 66.7 Å². The van der Waals surface area contributed by atoms with Gasteiger partial charge < -0.3 is 25.4 Å². The minimum atomic E-state index is 0.134. The molecule has 0 bridgehead atoms. The molecule has 3 N–H and O–H groups in total. The van der Waals surface area contributed by atoms with Gasteiger partial charge in [0.25, 0.3) is 0 Å². The van der Waals surface area contributed by atoms with Gasteiger partial charge in [0.1, 0.15) is 28.3 Å². The summed E-state index contributed by atoms with van der Waals surface area (Å²) in [5, 5.41) is 4.31. The molecule has 0 unspecified atom stereocenters. The number of alkyl halides is 1. The van der Waals surface area contributed by atoms with Gasteiger partial charge in [-0.25, -0.2) is 29.9 Å². The van der Waals surface area contributed by atoms with E-state index in [2.05, 4.69) is 90.4 Å². The van der Waals surface area contributed by atoms with E-state index in [-0.39, 0.29) is 34.0 Å². The molecule has 3 heterocycles. The molecule has 5 aromatic carbocycles. The third-order valence-corrected chi connectivity index (χ3v) is 10.8. The van der Waals surface area contributed by atoms with Crippen molar-refractivity contribution in [2.24, 2.45) is 5.73 Å². The second-order valence-corrected chi connectivity index (χ2v) is 16.2. The maximum atomic E-state index is 6.02. The Kier molecular flexibility index (Phi) is 24.4. The zero-order chi connectivity index (χ0) is 49.1. The minimum absolute atomic E-state index is 0.134. The molecule has 0 fully saturated rings. The molecule has 8 aromatic rings. The average molecular weight is 1010 g/mol. The number of nitrogens with one attached hydrogen (secondary N) is 1. The van der Waals surface area contributed by atoms with Crippen LogP contribution < -0.4 is 25.4 Å². The zero-order valence-corrected chi connectivity index (χ0v) is 42.1. The smallest absolute Gasteiger partial charge is 0.224 e. The van der Waals surface area contributed by atoms with Crippen molar-refractivity contribution in [2.45, 2.75) is 51.3 Å². The Morgan fingerprint density at radius 2 is 0.985 bits per heavy atom. The molecule has 16 heteroatoms. The topological polar surface area (TPSA) is 137 Å². The molecule has 0 aliphatic carbocycles. The maximum absolute atomic E-state index is 6.02. The lowest BCUT2D eigenvalue weighted by Gasteiger charge is -2.31. The van der Waals surface area contributed by atoms with Crippen LogP contribution in [-0.4, -0.2) is 44.1 Å². The van der Waals surface area contributed by atoms with Crippen LogP contribution in [0.5, 0.6) is 11.5 Å². The summed E-state index contributed by atoms with van der Waals surface area (Å²) in [6.07, 6.45) is 4.82. The molecule has 0 aliphatic heterocycles. The number of methoxy groups -OCH3 is 2. The first-order valence-corrected chi connectivity index (χ1v) is 23.3. The van der Waals surface area contributed by atoms with Gasteiger partial charge in [0.05, 0.1) is 20.3 Å². The van der Waals surface area contributed by atoms with Gasteiger partial charge in [-0.2, -0.15) is 0 Å². The first-order chi connectivity index (χ1) is 32.9. The number of hydrogen-bond acceptors (Lipinski definition) is 11. The first kappa shape index (κ1) is 54.6. The molecule has 0 saturated carbocycles. The van der Waals surface area contributed by atoms with E-state index >= 15 is 0 Å². The van der Waals surface area contributed by atoms with Gasteiger partial charge in [-0.15, -0.1) is 11.6 Å². The molecule has 3 aromatic heterocycles. The van der Waals surface area contributed by atoms with Crippen LogP contribution in [0.25, 0.3) is 0 Å². The Morgan fingerprint density at radius 3 is 1.41 bits per heavy atom. The predicted octanol–water partition coefficient (Wildman–Crippen LogP) is 14.1. The number of benzene rings is 5. The Balaban J connectivity index is 0.000000201. The first-order valence-electron chi connectivity index (χ1n) is 21.3. The van der Waals surface area contributed by atoms with Crippen LogP contribution in [0.2, 0.25) is 21.0 Å². The number of ether oxygens (including phenoxy) is 2. The summed E-state index contributed by atoms with van der Waals surface area (Å²) < 4.78 is 10.2. The molecule has 0 spiro atoms. The van der Waals surface area contributed by atoms with Crippen LogP contribution >= 0.6 is 58.0 Å². The second kappa shape index (κ2) is 30.4. The van der Waals surface area contributed by atoms with E-state index in [9.17, 15) is 0 Å². The fourth-order valence-corrected chi connectivity index (χ4v) is 6.79. The van der Waals surface area contributed by atoms with E-state index in [1.807, 2.05) is 116 Å².